The average Bonchev–Trinajstić information content (AvgIpc) is 3.14. The van der Waals surface area contributed by atoms with Gasteiger partial charge in [-0.3, -0.25) is 9.59 Å². The number of nitrogens with one attached hydrogen (secondary N) is 2. The molecule has 8 nitrogen and oxygen atoms in total. The van der Waals surface area contributed by atoms with Crippen LogP contribution in [0.15, 0.2) is 41.1 Å². The van der Waals surface area contributed by atoms with Crippen molar-refractivity contribution < 1.29 is 23.5 Å². The number of pyridine rings is 1. The minimum absolute atomic E-state index is 0.0763. The predicted octanol–water partition coefficient (Wildman–Crippen LogP) is 2.26. The molecule has 9 heteroatoms. The molecule has 0 bridgehead atoms. The molecule has 2 rings (SSSR count). The van der Waals surface area contributed by atoms with Crippen molar-refractivity contribution in [1.82, 2.24) is 10.3 Å². The number of carbonyl (C=O) groups is 3. The van der Waals surface area contributed by atoms with Gasteiger partial charge in [-0.15, -0.1) is 0 Å². The number of carbonyl (C=O) groups excluding carboxylic acids is 3. The third kappa shape index (κ3) is 5.32. The number of halogens is 1. The molecule has 0 aliphatic carbocycles. The van der Waals surface area contributed by atoms with Crippen LogP contribution in [0.2, 0.25) is 5.15 Å². The molecule has 0 saturated heterocycles. The summed E-state index contributed by atoms with van der Waals surface area (Å²) in [6.07, 6.45) is 2.83. The lowest BCUT2D eigenvalue weighted by Crippen LogP contribution is -2.45. The van der Waals surface area contributed by atoms with Crippen molar-refractivity contribution in [2.45, 2.75) is 19.9 Å². The van der Waals surface area contributed by atoms with Gasteiger partial charge in [0.05, 0.1) is 12.0 Å². The van der Waals surface area contributed by atoms with Crippen molar-refractivity contribution in [3.8, 4) is 0 Å². The Hall–Kier alpha value is -2.87. The molecule has 2 aromatic heterocycles. The van der Waals surface area contributed by atoms with Crippen LogP contribution in [-0.2, 0) is 14.3 Å². The normalized spacial score (nSPS) is 11.7. The fourth-order valence-corrected chi connectivity index (χ4v) is 2.18. The molecule has 0 unspecified atom stereocenters. The van der Waals surface area contributed by atoms with E-state index < -0.39 is 30.4 Å². The van der Waals surface area contributed by atoms with E-state index in [2.05, 4.69) is 15.6 Å². The smallest absolute Gasteiger partial charge is 0.329 e. The molecule has 0 saturated carbocycles. The zero-order valence-electron chi connectivity index (χ0n) is 14.2. The molecule has 0 aliphatic rings. The van der Waals surface area contributed by atoms with E-state index >= 15 is 0 Å². The van der Waals surface area contributed by atoms with Crippen LogP contribution in [0.25, 0.3) is 0 Å². The SMILES string of the molecule is CC(C)[C@H](NC(=O)c1ccco1)C(=O)OCC(=O)Nc1cccnc1Cl. The maximum Gasteiger partial charge on any atom is 0.329 e. The van der Waals surface area contributed by atoms with Crippen LogP contribution >= 0.6 is 11.6 Å². The van der Waals surface area contributed by atoms with Crippen LogP contribution < -0.4 is 10.6 Å². The molecule has 0 aliphatic heterocycles. The van der Waals surface area contributed by atoms with E-state index in [0.717, 1.165) is 0 Å². The summed E-state index contributed by atoms with van der Waals surface area (Å²) in [6, 6.07) is 5.28. The molecule has 0 spiro atoms. The van der Waals surface area contributed by atoms with Gasteiger partial charge in [-0.1, -0.05) is 25.4 Å². The van der Waals surface area contributed by atoms with Crippen molar-refractivity contribution in [3.63, 3.8) is 0 Å². The second-order valence-electron chi connectivity index (χ2n) is 5.67. The number of hydrogen-bond donors (Lipinski definition) is 2. The number of furan rings is 1. The van der Waals surface area contributed by atoms with Gasteiger partial charge in [0, 0.05) is 6.20 Å². The lowest BCUT2D eigenvalue weighted by Gasteiger charge is -2.20. The first-order chi connectivity index (χ1) is 12.4. The summed E-state index contributed by atoms with van der Waals surface area (Å²) in [7, 11) is 0. The molecule has 2 amide bonds. The van der Waals surface area contributed by atoms with Crippen LogP contribution in [0, 0.1) is 5.92 Å². The zero-order chi connectivity index (χ0) is 19.1. The fraction of sp³-hybridized carbons (Fsp3) is 0.294. The molecule has 0 aromatic carbocycles. The summed E-state index contributed by atoms with van der Waals surface area (Å²) in [5, 5.41) is 5.14. The van der Waals surface area contributed by atoms with Crippen molar-refractivity contribution in [1.29, 1.82) is 0 Å². The molecule has 2 N–H and O–H groups in total. The molecule has 1 atom stereocenters. The Morgan fingerprint density at radius 3 is 2.65 bits per heavy atom. The second kappa shape index (κ2) is 9.00. The Kier molecular flexibility index (Phi) is 6.74. The summed E-state index contributed by atoms with van der Waals surface area (Å²) < 4.78 is 9.98. The van der Waals surface area contributed by atoms with Crippen molar-refractivity contribution >= 4 is 35.1 Å². The highest BCUT2D eigenvalue weighted by molar-refractivity contribution is 6.32. The number of rotatable bonds is 7. The summed E-state index contributed by atoms with van der Waals surface area (Å²) in [5.74, 6) is -2.03. The fourth-order valence-electron chi connectivity index (χ4n) is 2.01. The lowest BCUT2D eigenvalue weighted by molar-refractivity contribution is -0.150. The Balaban J connectivity index is 1.90. The number of aromatic nitrogens is 1. The Morgan fingerprint density at radius 1 is 1.27 bits per heavy atom. The topological polar surface area (TPSA) is 111 Å². The van der Waals surface area contributed by atoms with Crippen molar-refractivity contribution in [3.05, 3.63) is 47.6 Å². The molecule has 26 heavy (non-hydrogen) atoms. The van der Waals surface area contributed by atoms with Gasteiger partial charge in [0.15, 0.2) is 17.5 Å². The van der Waals surface area contributed by atoms with Crippen LogP contribution in [0.3, 0.4) is 0 Å². The predicted molar refractivity (Wildman–Crippen MR) is 93.6 cm³/mol. The Bertz CT molecular complexity index is 776. The number of amides is 2. The summed E-state index contributed by atoms with van der Waals surface area (Å²) in [5.41, 5.74) is 0.307. The van der Waals surface area contributed by atoms with E-state index in [1.807, 2.05) is 0 Å². The van der Waals surface area contributed by atoms with E-state index in [4.69, 9.17) is 20.8 Å². The van der Waals surface area contributed by atoms with Gasteiger partial charge in [0.2, 0.25) is 0 Å². The van der Waals surface area contributed by atoms with Crippen molar-refractivity contribution in [2.24, 2.45) is 5.92 Å². The molecule has 0 radical (unpaired) electrons. The van der Waals surface area contributed by atoms with Gasteiger partial charge in [-0.2, -0.15) is 0 Å². The molecule has 138 valence electrons. The number of esters is 1. The van der Waals surface area contributed by atoms with Crippen LogP contribution in [-0.4, -0.2) is 35.4 Å². The van der Waals surface area contributed by atoms with Crippen LogP contribution in [0.5, 0.6) is 0 Å². The molecule has 0 fully saturated rings. The Morgan fingerprint density at radius 2 is 2.04 bits per heavy atom. The molecular formula is C17H18ClN3O5. The molecule has 2 aromatic rings. The highest BCUT2D eigenvalue weighted by atomic mass is 35.5. The first-order valence-corrected chi connectivity index (χ1v) is 8.17. The van der Waals surface area contributed by atoms with Gasteiger partial charge in [-0.05, 0) is 30.2 Å². The van der Waals surface area contributed by atoms with E-state index in [1.54, 1.807) is 32.0 Å². The maximum atomic E-state index is 12.2. The first kappa shape index (κ1) is 19.5. The molecule has 2 heterocycles. The highest BCUT2D eigenvalue weighted by Crippen LogP contribution is 2.17. The van der Waals surface area contributed by atoms with E-state index in [1.165, 1.54) is 18.5 Å². The third-order valence-electron chi connectivity index (χ3n) is 3.33. The third-order valence-corrected chi connectivity index (χ3v) is 3.63. The minimum Gasteiger partial charge on any atom is -0.459 e. The average molecular weight is 380 g/mol. The number of nitrogens with zero attached hydrogens (tertiary/aromatic N) is 1. The quantitative estimate of drug-likeness (QED) is 0.564. The van der Waals surface area contributed by atoms with E-state index in [-0.39, 0.29) is 16.8 Å². The number of ether oxygens (including phenoxy) is 1. The highest BCUT2D eigenvalue weighted by Gasteiger charge is 2.27. The van der Waals surface area contributed by atoms with Gasteiger partial charge in [0.1, 0.15) is 6.04 Å². The number of anilines is 1. The van der Waals surface area contributed by atoms with E-state index in [0.29, 0.717) is 5.69 Å². The lowest BCUT2D eigenvalue weighted by atomic mass is 10.0. The van der Waals surface area contributed by atoms with Gasteiger partial charge < -0.3 is 19.8 Å². The summed E-state index contributed by atoms with van der Waals surface area (Å²) >= 11 is 5.84. The summed E-state index contributed by atoms with van der Waals surface area (Å²) in [6.45, 7) is 2.96. The monoisotopic (exact) mass is 379 g/mol. The van der Waals surface area contributed by atoms with E-state index in [9.17, 15) is 14.4 Å². The van der Waals surface area contributed by atoms with Crippen molar-refractivity contribution in [2.75, 3.05) is 11.9 Å². The molecular weight excluding hydrogens is 362 g/mol. The number of hydrogen-bond acceptors (Lipinski definition) is 6. The summed E-state index contributed by atoms with van der Waals surface area (Å²) in [4.78, 5) is 40.0. The Labute approximate surface area is 154 Å². The van der Waals surface area contributed by atoms with Crippen LogP contribution in [0.4, 0.5) is 5.69 Å². The standard InChI is InChI=1S/C17H18ClN3O5/c1-10(2)14(21-16(23)12-6-4-8-25-12)17(24)26-9-13(22)20-11-5-3-7-19-15(11)18/h3-8,10,14H,9H2,1-2H3,(H,20,22)(H,21,23)/t14-/m0/s1. The van der Waals surface area contributed by atoms with Gasteiger partial charge in [-0.25, -0.2) is 9.78 Å². The van der Waals surface area contributed by atoms with Gasteiger partial charge >= 0.3 is 5.97 Å². The van der Waals surface area contributed by atoms with Gasteiger partial charge in [0.25, 0.3) is 11.8 Å². The van der Waals surface area contributed by atoms with Crippen LogP contribution in [0.1, 0.15) is 24.4 Å². The second-order valence-corrected chi connectivity index (χ2v) is 6.03. The minimum atomic E-state index is -0.928. The first-order valence-electron chi connectivity index (χ1n) is 7.80. The zero-order valence-corrected chi connectivity index (χ0v) is 14.9. The maximum absolute atomic E-state index is 12.2. The largest absolute Gasteiger partial charge is 0.459 e.